The summed E-state index contributed by atoms with van der Waals surface area (Å²) in [7, 11) is 0. The van der Waals surface area contributed by atoms with Crippen molar-refractivity contribution in [1.82, 2.24) is 10.6 Å². The summed E-state index contributed by atoms with van der Waals surface area (Å²) in [6, 6.07) is 17.2. The molecule has 2 aromatic rings. The van der Waals surface area contributed by atoms with Gasteiger partial charge in [0.1, 0.15) is 12.4 Å². The maximum atomic E-state index is 12.1. The molecular weight excluding hydrogens is 350 g/mol. The molecule has 0 radical (unpaired) electrons. The van der Waals surface area contributed by atoms with E-state index >= 15 is 0 Å². The Kier molecular flexibility index (Phi) is 5.41. The van der Waals surface area contributed by atoms with Crippen molar-refractivity contribution in [3.63, 3.8) is 0 Å². The van der Waals surface area contributed by atoms with Gasteiger partial charge in [0.25, 0.3) is 0 Å². The molecule has 1 aliphatic heterocycles. The lowest BCUT2D eigenvalue weighted by molar-refractivity contribution is 0.235. The van der Waals surface area contributed by atoms with E-state index in [1.54, 1.807) is 0 Å². The van der Waals surface area contributed by atoms with Gasteiger partial charge in [-0.1, -0.05) is 62.7 Å². The predicted molar refractivity (Wildman–Crippen MR) is 108 cm³/mol. The first kappa shape index (κ1) is 19.5. The highest BCUT2D eigenvalue weighted by molar-refractivity contribution is 5.80. The van der Waals surface area contributed by atoms with Crippen LogP contribution in [-0.4, -0.2) is 6.03 Å². The van der Waals surface area contributed by atoms with Crippen molar-refractivity contribution in [2.24, 2.45) is 5.41 Å². The largest absolute Gasteiger partial charge is 0.489 e. The second-order valence-electron chi connectivity index (χ2n) is 8.03. The van der Waals surface area contributed by atoms with Gasteiger partial charge in [-0.2, -0.15) is 5.26 Å². The molecule has 1 atom stereocenters. The van der Waals surface area contributed by atoms with Crippen LogP contribution in [0.1, 0.15) is 43.5 Å². The van der Waals surface area contributed by atoms with Crippen LogP contribution in [0.5, 0.6) is 5.75 Å². The van der Waals surface area contributed by atoms with Gasteiger partial charge in [-0.15, -0.1) is 0 Å². The third-order valence-corrected chi connectivity index (χ3v) is 4.64. The smallest absolute Gasteiger partial charge is 0.319 e. The minimum absolute atomic E-state index is 0.298. The molecule has 0 saturated carbocycles. The van der Waals surface area contributed by atoms with Gasteiger partial charge < -0.3 is 15.4 Å². The zero-order valence-electron chi connectivity index (χ0n) is 16.7. The molecule has 0 fully saturated rings. The summed E-state index contributed by atoms with van der Waals surface area (Å²) < 4.78 is 5.86. The van der Waals surface area contributed by atoms with Crippen molar-refractivity contribution in [3.05, 3.63) is 76.5 Å². The molecule has 28 heavy (non-hydrogen) atoms. The summed E-state index contributed by atoms with van der Waals surface area (Å²) in [6.45, 7) is 8.47. The lowest BCUT2D eigenvalue weighted by Crippen LogP contribution is -2.46. The summed E-state index contributed by atoms with van der Waals surface area (Å²) >= 11 is 0. The number of rotatable bonds is 4. The Bertz CT molecular complexity index is 947. The number of nitriles is 1. The van der Waals surface area contributed by atoms with Crippen molar-refractivity contribution in [1.29, 1.82) is 5.26 Å². The molecule has 5 heteroatoms. The number of urea groups is 1. The molecule has 0 aromatic heterocycles. The van der Waals surface area contributed by atoms with E-state index in [9.17, 15) is 10.1 Å². The Morgan fingerprint density at radius 1 is 1.14 bits per heavy atom. The second kappa shape index (κ2) is 7.77. The van der Waals surface area contributed by atoms with Gasteiger partial charge in [0.05, 0.1) is 17.7 Å². The summed E-state index contributed by atoms with van der Waals surface area (Å²) in [5, 5.41) is 15.3. The number of hydrogen-bond acceptors (Lipinski definition) is 3. The summed E-state index contributed by atoms with van der Waals surface area (Å²) in [5.74, 6) is 0.740. The maximum absolute atomic E-state index is 12.1. The van der Waals surface area contributed by atoms with Gasteiger partial charge in [-0.25, -0.2) is 4.79 Å². The topological polar surface area (TPSA) is 74.2 Å². The third-order valence-electron chi connectivity index (χ3n) is 4.64. The average molecular weight is 375 g/mol. The quantitative estimate of drug-likeness (QED) is 0.810. The number of nitrogens with one attached hydrogen (secondary N) is 2. The van der Waals surface area contributed by atoms with Crippen LogP contribution in [0.2, 0.25) is 0 Å². The average Bonchev–Trinajstić information content (AvgIpc) is 2.65. The van der Waals surface area contributed by atoms with Crippen molar-refractivity contribution in [3.8, 4) is 11.8 Å². The monoisotopic (exact) mass is 375 g/mol. The van der Waals surface area contributed by atoms with E-state index in [4.69, 9.17) is 4.74 Å². The number of nitrogens with zero attached hydrogens (tertiary/aromatic N) is 1. The molecule has 1 heterocycles. The highest BCUT2D eigenvalue weighted by Crippen LogP contribution is 2.34. The van der Waals surface area contributed by atoms with E-state index in [0.717, 1.165) is 16.9 Å². The fourth-order valence-electron chi connectivity index (χ4n) is 3.25. The van der Waals surface area contributed by atoms with Gasteiger partial charge in [0.15, 0.2) is 0 Å². The molecule has 2 aromatic carbocycles. The number of carbonyl (C=O) groups excluding carboxylic acids is 1. The number of allylic oxidation sites excluding steroid dienone is 1. The molecule has 2 amide bonds. The Balaban J connectivity index is 1.80. The molecule has 0 bridgehead atoms. The fourth-order valence-corrected chi connectivity index (χ4v) is 3.25. The van der Waals surface area contributed by atoms with Crippen LogP contribution in [-0.2, 0) is 6.61 Å². The molecule has 0 spiro atoms. The highest BCUT2D eigenvalue weighted by atomic mass is 16.5. The second-order valence-corrected chi connectivity index (χ2v) is 8.03. The number of benzene rings is 2. The van der Waals surface area contributed by atoms with E-state index in [1.165, 1.54) is 5.56 Å². The van der Waals surface area contributed by atoms with Crippen LogP contribution < -0.4 is 15.4 Å². The molecule has 3 rings (SSSR count). The van der Waals surface area contributed by atoms with E-state index < -0.39 is 6.04 Å². The Labute approximate surface area is 166 Å². The SMILES string of the molecule is Cc1cccc(COc2ccc([C@H]3NC(=O)NC(C(C)(C)C)=C3C#N)cc2)c1. The van der Waals surface area contributed by atoms with Crippen LogP contribution in [0.3, 0.4) is 0 Å². The van der Waals surface area contributed by atoms with E-state index in [0.29, 0.717) is 17.9 Å². The van der Waals surface area contributed by atoms with Crippen LogP contribution >= 0.6 is 0 Å². The van der Waals surface area contributed by atoms with Gasteiger partial charge in [-0.3, -0.25) is 0 Å². The Morgan fingerprint density at radius 3 is 2.46 bits per heavy atom. The van der Waals surface area contributed by atoms with Crippen molar-refractivity contribution < 1.29 is 9.53 Å². The van der Waals surface area contributed by atoms with Crippen LogP contribution in [0.25, 0.3) is 0 Å². The Hall–Kier alpha value is -3.26. The number of hydrogen-bond donors (Lipinski definition) is 2. The van der Waals surface area contributed by atoms with Gasteiger partial charge in [0, 0.05) is 11.1 Å². The number of carbonyl (C=O) groups is 1. The molecule has 0 aliphatic carbocycles. The first-order chi connectivity index (χ1) is 13.3. The third kappa shape index (κ3) is 4.34. The zero-order chi connectivity index (χ0) is 20.3. The zero-order valence-corrected chi connectivity index (χ0v) is 16.7. The van der Waals surface area contributed by atoms with Crippen LogP contribution in [0.4, 0.5) is 4.79 Å². The van der Waals surface area contributed by atoms with Gasteiger partial charge in [0.2, 0.25) is 0 Å². The summed E-state index contributed by atoms with van der Waals surface area (Å²) in [6.07, 6.45) is 0. The molecule has 0 unspecified atom stereocenters. The van der Waals surface area contributed by atoms with Crippen molar-refractivity contribution in [2.75, 3.05) is 0 Å². The minimum atomic E-state index is -0.473. The molecule has 144 valence electrons. The highest BCUT2D eigenvalue weighted by Gasteiger charge is 2.33. The number of aryl methyl sites for hydroxylation is 1. The summed E-state index contributed by atoms with van der Waals surface area (Å²) in [4.78, 5) is 12.1. The molecule has 1 aliphatic rings. The minimum Gasteiger partial charge on any atom is -0.489 e. The lowest BCUT2D eigenvalue weighted by Gasteiger charge is -2.33. The molecular formula is C23H25N3O2. The summed E-state index contributed by atoms with van der Waals surface area (Å²) in [5.41, 5.74) is 4.00. The van der Waals surface area contributed by atoms with E-state index in [-0.39, 0.29) is 11.4 Å². The normalized spacial score (nSPS) is 16.8. The first-order valence-corrected chi connectivity index (χ1v) is 9.28. The number of amides is 2. The Morgan fingerprint density at radius 2 is 1.86 bits per heavy atom. The standard InChI is InChI=1S/C23H25N3O2/c1-15-6-5-7-16(12-15)14-28-18-10-8-17(9-11-18)20-19(13-24)21(23(2,3)4)26-22(27)25-20/h5-12,20H,14H2,1-4H3,(H2,25,26,27)/t20-/m1/s1. The van der Waals surface area contributed by atoms with Gasteiger partial charge in [-0.05, 0) is 30.2 Å². The molecule has 2 N–H and O–H groups in total. The van der Waals surface area contributed by atoms with E-state index in [1.807, 2.05) is 57.2 Å². The van der Waals surface area contributed by atoms with E-state index in [2.05, 4.69) is 35.8 Å². The maximum Gasteiger partial charge on any atom is 0.319 e. The first-order valence-electron chi connectivity index (χ1n) is 9.28. The van der Waals surface area contributed by atoms with Crippen molar-refractivity contribution in [2.45, 2.75) is 40.3 Å². The van der Waals surface area contributed by atoms with Crippen LogP contribution in [0.15, 0.2) is 59.8 Å². The van der Waals surface area contributed by atoms with Crippen molar-refractivity contribution >= 4 is 6.03 Å². The fraction of sp³-hybridized carbons (Fsp3) is 0.304. The lowest BCUT2D eigenvalue weighted by atomic mass is 9.84. The number of ether oxygens (including phenoxy) is 1. The molecule has 0 saturated heterocycles. The predicted octanol–water partition coefficient (Wildman–Crippen LogP) is 4.75. The van der Waals surface area contributed by atoms with Crippen LogP contribution in [0, 0.1) is 23.7 Å². The van der Waals surface area contributed by atoms with Gasteiger partial charge >= 0.3 is 6.03 Å². The molecule has 5 nitrogen and oxygen atoms in total.